The minimum Gasteiger partial charge on any atom is -0.493 e. The van der Waals surface area contributed by atoms with E-state index >= 15 is 0 Å². The van der Waals surface area contributed by atoms with Crippen molar-refractivity contribution in [1.82, 2.24) is 10.1 Å². The van der Waals surface area contributed by atoms with Gasteiger partial charge in [-0.25, -0.2) is 0 Å². The molecule has 7 heteroatoms. The van der Waals surface area contributed by atoms with Crippen LogP contribution in [0.2, 0.25) is 5.02 Å². The SMILES string of the molecule is COc1ccc(-c2noc(CNc3ccccc3Cl)n2)cc1OC. The van der Waals surface area contributed by atoms with Gasteiger partial charge in [0, 0.05) is 5.56 Å². The van der Waals surface area contributed by atoms with Crippen LogP contribution in [-0.2, 0) is 6.54 Å². The van der Waals surface area contributed by atoms with Crippen LogP contribution in [-0.4, -0.2) is 24.4 Å². The summed E-state index contributed by atoms with van der Waals surface area (Å²) >= 11 is 6.10. The van der Waals surface area contributed by atoms with Gasteiger partial charge < -0.3 is 19.3 Å². The van der Waals surface area contributed by atoms with Crippen molar-refractivity contribution in [2.45, 2.75) is 6.54 Å². The van der Waals surface area contributed by atoms with E-state index in [2.05, 4.69) is 15.5 Å². The van der Waals surface area contributed by atoms with E-state index < -0.39 is 0 Å². The van der Waals surface area contributed by atoms with E-state index in [1.54, 1.807) is 26.4 Å². The van der Waals surface area contributed by atoms with Crippen LogP contribution >= 0.6 is 11.6 Å². The van der Waals surface area contributed by atoms with Crippen LogP contribution in [0.4, 0.5) is 5.69 Å². The van der Waals surface area contributed by atoms with Crippen molar-refractivity contribution in [3.05, 3.63) is 53.4 Å². The Morgan fingerprint density at radius 1 is 1.08 bits per heavy atom. The molecular formula is C17H16ClN3O3. The third-order valence-corrected chi connectivity index (χ3v) is 3.74. The van der Waals surface area contributed by atoms with E-state index in [1.165, 1.54) is 0 Å². The number of ether oxygens (including phenoxy) is 2. The lowest BCUT2D eigenvalue weighted by Crippen LogP contribution is -2.00. The summed E-state index contributed by atoms with van der Waals surface area (Å²) < 4.78 is 15.8. The van der Waals surface area contributed by atoms with Crippen LogP contribution in [0.25, 0.3) is 11.4 Å². The Bertz CT molecular complexity index is 835. The first-order valence-electron chi connectivity index (χ1n) is 7.24. The zero-order chi connectivity index (χ0) is 16.9. The Morgan fingerprint density at radius 2 is 1.88 bits per heavy atom. The molecule has 0 aliphatic rings. The monoisotopic (exact) mass is 345 g/mol. The van der Waals surface area contributed by atoms with Gasteiger partial charge in [0.15, 0.2) is 11.5 Å². The highest BCUT2D eigenvalue weighted by Gasteiger charge is 2.12. The number of anilines is 1. The van der Waals surface area contributed by atoms with Gasteiger partial charge in [-0.3, -0.25) is 0 Å². The molecule has 2 aromatic carbocycles. The van der Waals surface area contributed by atoms with Gasteiger partial charge in [-0.15, -0.1) is 0 Å². The first-order valence-corrected chi connectivity index (χ1v) is 7.62. The molecule has 1 N–H and O–H groups in total. The van der Waals surface area contributed by atoms with Gasteiger partial charge in [-0.2, -0.15) is 4.98 Å². The third kappa shape index (κ3) is 3.44. The lowest BCUT2D eigenvalue weighted by molar-refractivity contribution is 0.355. The maximum absolute atomic E-state index is 6.10. The number of nitrogens with one attached hydrogen (secondary N) is 1. The molecule has 0 amide bonds. The van der Waals surface area contributed by atoms with Crippen LogP contribution in [0.1, 0.15) is 5.89 Å². The quantitative estimate of drug-likeness (QED) is 0.727. The third-order valence-electron chi connectivity index (χ3n) is 3.41. The molecule has 0 atom stereocenters. The molecule has 6 nitrogen and oxygen atoms in total. The summed E-state index contributed by atoms with van der Waals surface area (Å²) in [7, 11) is 3.17. The van der Waals surface area contributed by atoms with Gasteiger partial charge in [-0.1, -0.05) is 28.9 Å². The van der Waals surface area contributed by atoms with E-state index in [4.69, 9.17) is 25.6 Å². The second kappa shape index (κ2) is 7.23. The maximum Gasteiger partial charge on any atom is 0.246 e. The predicted octanol–water partition coefficient (Wildman–Crippen LogP) is 4.02. The van der Waals surface area contributed by atoms with E-state index in [0.717, 1.165) is 11.3 Å². The molecule has 3 rings (SSSR count). The molecule has 0 aliphatic heterocycles. The van der Waals surface area contributed by atoms with Crippen LogP contribution < -0.4 is 14.8 Å². The molecule has 24 heavy (non-hydrogen) atoms. The van der Waals surface area contributed by atoms with Gasteiger partial charge in [-0.05, 0) is 30.3 Å². The molecule has 0 fully saturated rings. The molecule has 1 aromatic heterocycles. The van der Waals surface area contributed by atoms with E-state index in [-0.39, 0.29) is 0 Å². The Hall–Kier alpha value is -2.73. The Morgan fingerprint density at radius 3 is 2.62 bits per heavy atom. The van der Waals surface area contributed by atoms with Crippen LogP contribution in [0.5, 0.6) is 11.5 Å². The first kappa shape index (κ1) is 16.1. The Labute approximate surface area is 144 Å². The highest BCUT2D eigenvalue weighted by atomic mass is 35.5. The first-order chi connectivity index (χ1) is 11.7. The van der Waals surface area contributed by atoms with Crippen molar-refractivity contribution >= 4 is 17.3 Å². The molecule has 0 unspecified atom stereocenters. The van der Waals surface area contributed by atoms with Gasteiger partial charge in [0.05, 0.1) is 31.5 Å². The van der Waals surface area contributed by atoms with Gasteiger partial charge >= 0.3 is 0 Å². The highest BCUT2D eigenvalue weighted by molar-refractivity contribution is 6.33. The zero-order valence-electron chi connectivity index (χ0n) is 13.2. The van der Waals surface area contributed by atoms with Crippen molar-refractivity contribution in [1.29, 1.82) is 0 Å². The maximum atomic E-state index is 6.10. The van der Waals surface area contributed by atoms with Crippen molar-refractivity contribution in [2.75, 3.05) is 19.5 Å². The molecular weight excluding hydrogens is 330 g/mol. The summed E-state index contributed by atoms with van der Waals surface area (Å²) in [6.07, 6.45) is 0. The molecule has 1 heterocycles. The fourth-order valence-electron chi connectivity index (χ4n) is 2.19. The number of aromatic nitrogens is 2. The second-order valence-corrected chi connectivity index (χ2v) is 5.32. The van der Waals surface area contributed by atoms with Crippen molar-refractivity contribution in [3.8, 4) is 22.9 Å². The topological polar surface area (TPSA) is 69.4 Å². The molecule has 0 bridgehead atoms. The summed E-state index contributed by atoms with van der Waals surface area (Å²) in [5.41, 5.74) is 1.59. The number of hydrogen-bond acceptors (Lipinski definition) is 6. The molecule has 3 aromatic rings. The van der Waals surface area contributed by atoms with E-state index in [9.17, 15) is 0 Å². The number of methoxy groups -OCH3 is 2. The number of benzene rings is 2. The Kier molecular flexibility index (Phi) is 4.86. The predicted molar refractivity (Wildman–Crippen MR) is 91.6 cm³/mol. The fourth-order valence-corrected chi connectivity index (χ4v) is 2.40. The number of rotatable bonds is 6. The number of hydrogen-bond donors (Lipinski definition) is 1. The Balaban J connectivity index is 1.75. The molecule has 0 saturated carbocycles. The summed E-state index contributed by atoms with van der Waals surface area (Å²) in [5.74, 6) is 2.19. The average molecular weight is 346 g/mol. The molecule has 0 spiro atoms. The summed E-state index contributed by atoms with van der Waals surface area (Å²) in [5, 5.41) is 7.79. The van der Waals surface area contributed by atoms with Crippen LogP contribution in [0.15, 0.2) is 47.0 Å². The summed E-state index contributed by atoms with van der Waals surface area (Å²) in [6.45, 7) is 0.379. The average Bonchev–Trinajstić information content (AvgIpc) is 3.09. The molecule has 0 saturated heterocycles. The highest BCUT2D eigenvalue weighted by Crippen LogP contribution is 2.31. The summed E-state index contributed by atoms with van der Waals surface area (Å²) in [6, 6.07) is 12.9. The zero-order valence-corrected chi connectivity index (χ0v) is 14.0. The number of halogens is 1. The van der Waals surface area contributed by atoms with E-state index in [1.807, 2.05) is 30.3 Å². The van der Waals surface area contributed by atoms with Gasteiger partial charge in [0.2, 0.25) is 11.7 Å². The minimum atomic E-state index is 0.379. The summed E-state index contributed by atoms with van der Waals surface area (Å²) in [4.78, 5) is 4.38. The largest absolute Gasteiger partial charge is 0.493 e. The number of para-hydroxylation sites is 1. The van der Waals surface area contributed by atoms with Gasteiger partial charge in [0.25, 0.3) is 0 Å². The fraction of sp³-hybridized carbons (Fsp3) is 0.176. The van der Waals surface area contributed by atoms with Crippen molar-refractivity contribution in [3.63, 3.8) is 0 Å². The van der Waals surface area contributed by atoms with Crippen molar-refractivity contribution < 1.29 is 14.0 Å². The standard InChI is InChI=1S/C17H16ClN3O3/c1-22-14-8-7-11(9-15(14)23-2)17-20-16(24-21-17)10-19-13-6-4-3-5-12(13)18/h3-9,19H,10H2,1-2H3. The van der Waals surface area contributed by atoms with Crippen LogP contribution in [0, 0.1) is 0 Å². The van der Waals surface area contributed by atoms with Crippen LogP contribution in [0.3, 0.4) is 0 Å². The second-order valence-electron chi connectivity index (χ2n) is 4.91. The number of nitrogens with zero attached hydrogens (tertiary/aromatic N) is 2. The van der Waals surface area contributed by atoms with Crippen molar-refractivity contribution in [2.24, 2.45) is 0 Å². The van der Waals surface area contributed by atoms with Gasteiger partial charge in [0.1, 0.15) is 0 Å². The normalized spacial score (nSPS) is 10.5. The van der Waals surface area contributed by atoms with E-state index in [0.29, 0.717) is 34.8 Å². The molecule has 0 radical (unpaired) electrons. The molecule has 0 aliphatic carbocycles. The minimum absolute atomic E-state index is 0.379. The smallest absolute Gasteiger partial charge is 0.246 e. The lowest BCUT2D eigenvalue weighted by atomic mass is 10.2. The molecule has 124 valence electrons. The lowest BCUT2D eigenvalue weighted by Gasteiger charge is -2.07.